The van der Waals surface area contributed by atoms with E-state index >= 15 is 0 Å². The highest BCUT2D eigenvalue weighted by molar-refractivity contribution is 5.94. The number of nitrogens with zero attached hydrogens (tertiary/aromatic N) is 2. The third-order valence-corrected chi connectivity index (χ3v) is 2.86. The molecule has 0 radical (unpaired) electrons. The monoisotopic (exact) mass is 222 g/mol. The molecule has 1 heterocycles. The van der Waals surface area contributed by atoms with E-state index < -0.39 is 0 Å². The van der Waals surface area contributed by atoms with Crippen molar-refractivity contribution in [1.29, 1.82) is 0 Å². The third-order valence-electron chi connectivity index (χ3n) is 2.86. The molecule has 0 aromatic carbocycles. The van der Waals surface area contributed by atoms with E-state index in [0.717, 1.165) is 12.1 Å². The molecule has 0 bridgehead atoms. The maximum Gasteiger partial charge on any atom is 0.180 e. The highest BCUT2D eigenvalue weighted by Crippen LogP contribution is 2.10. The van der Waals surface area contributed by atoms with Crippen LogP contribution in [-0.4, -0.2) is 15.3 Å². The molecule has 0 atom stereocenters. The summed E-state index contributed by atoms with van der Waals surface area (Å²) < 4.78 is 1.79. The van der Waals surface area contributed by atoms with E-state index in [1.165, 1.54) is 32.1 Å². The lowest BCUT2D eigenvalue weighted by molar-refractivity contribution is 0.0971. The molecule has 0 aliphatic carbocycles. The maximum absolute atomic E-state index is 11.8. The van der Waals surface area contributed by atoms with Crippen molar-refractivity contribution in [2.45, 2.75) is 51.9 Å². The quantitative estimate of drug-likeness (QED) is 0.499. The molecule has 16 heavy (non-hydrogen) atoms. The van der Waals surface area contributed by atoms with Crippen LogP contribution in [0.4, 0.5) is 0 Å². The van der Waals surface area contributed by atoms with E-state index in [4.69, 9.17) is 0 Å². The standard InChI is InChI=1S/C13H22N2O/c1-3-4-5-6-7-8-9-13(16)12-10-14-11-15(12)2/h10-11H,3-9H2,1-2H3. The Morgan fingerprint density at radius 3 is 2.56 bits per heavy atom. The molecule has 0 spiro atoms. The molecule has 0 N–H and O–H groups in total. The van der Waals surface area contributed by atoms with E-state index in [9.17, 15) is 4.79 Å². The SMILES string of the molecule is CCCCCCCCC(=O)c1cncn1C. The van der Waals surface area contributed by atoms with E-state index in [-0.39, 0.29) is 5.78 Å². The zero-order chi connectivity index (χ0) is 11.8. The van der Waals surface area contributed by atoms with Gasteiger partial charge in [0, 0.05) is 13.5 Å². The topological polar surface area (TPSA) is 34.9 Å². The lowest BCUT2D eigenvalue weighted by Crippen LogP contribution is -2.04. The highest BCUT2D eigenvalue weighted by atomic mass is 16.1. The Labute approximate surface area is 97.9 Å². The molecule has 1 aromatic heterocycles. The first kappa shape index (κ1) is 12.9. The summed E-state index contributed by atoms with van der Waals surface area (Å²) in [7, 11) is 1.86. The molecule has 1 aromatic rings. The van der Waals surface area contributed by atoms with Crippen LogP contribution in [0.15, 0.2) is 12.5 Å². The van der Waals surface area contributed by atoms with Crippen LogP contribution in [0.1, 0.15) is 62.4 Å². The van der Waals surface area contributed by atoms with Crippen molar-refractivity contribution in [3.05, 3.63) is 18.2 Å². The number of carbonyl (C=O) groups excluding carboxylic acids is 1. The summed E-state index contributed by atoms with van der Waals surface area (Å²) in [6.45, 7) is 2.21. The maximum atomic E-state index is 11.8. The van der Waals surface area contributed by atoms with Crippen molar-refractivity contribution in [2.24, 2.45) is 7.05 Å². The summed E-state index contributed by atoms with van der Waals surface area (Å²) >= 11 is 0. The molecule has 0 aliphatic heterocycles. The highest BCUT2D eigenvalue weighted by Gasteiger charge is 2.08. The second-order valence-electron chi connectivity index (χ2n) is 4.33. The summed E-state index contributed by atoms with van der Waals surface area (Å²) in [5.41, 5.74) is 0.730. The molecule has 0 fully saturated rings. The number of unbranched alkanes of at least 4 members (excludes halogenated alkanes) is 5. The van der Waals surface area contributed by atoms with Gasteiger partial charge in [0.25, 0.3) is 0 Å². The van der Waals surface area contributed by atoms with Crippen LogP contribution in [0, 0.1) is 0 Å². The molecule has 0 amide bonds. The van der Waals surface area contributed by atoms with E-state index in [1.54, 1.807) is 17.1 Å². The molecular weight excluding hydrogens is 200 g/mol. The van der Waals surface area contributed by atoms with Crippen LogP contribution >= 0.6 is 0 Å². The Bertz CT molecular complexity index is 317. The van der Waals surface area contributed by atoms with Crippen molar-refractivity contribution in [3.63, 3.8) is 0 Å². The molecule has 0 unspecified atom stereocenters. The molecule has 90 valence electrons. The van der Waals surface area contributed by atoms with Gasteiger partial charge in [0.2, 0.25) is 0 Å². The minimum Gasteiger partial charge on any atom is -0.331 e. The van der Waals surface area contributed by atoms with Gasteiger partial charge in [-0.2, -0.15) is 0 Å². The first-order chi connectivity index (χ1) is 7.75. The number of Topliss-reactive ketones (excluding diaryl/α,β-unsaturated/α-hetero) is 1. The number of hydrogen-bond acceptors (Lipinski definition) is 2. The fraction of sp³-hybridized carbons (Fsp3) is 0.692. The van der Waals surface area contributed by atoms with Crippen molar-refractivity contribution in [1.82, 2.24) is 9.55 Å². The average Bonchev–Trinajstić information content (AvgIpc) is 2.69. The van der Waals surface area contributed by atoms with Gasteiger partial charge in [-0.3, -0.25) is 4.79 Å². The van der Waals surface area contributed by atoms with Crippen LogP contribution in [0.5, 0.6) is 0 Å². The van der Waals surface area contributed by atoms with Crippen LogP contribution in [0.2, 0.25) is 0 Å². The molecule has 0 saturated carbocycles. The number of aromatic nitrogens is 2. The number of hydrogen-bond donors (Lipinski definition) is 0. The smallest absolute Gasteiger partial charge is 0.180 e. The summed E-state index contributed by atoms with van der Waals surface area (Å²) in [4.78, 5) is 15.7. The Kier molecular flexibility index (Phi) is 5.83. The normalized spacial score (nSPS) is 10.6. The molecule has 0 saturated heterocycles. The minimum absolute atomic E-state index is 0.218. The fourth-order valence-corrected chi connectivity index (χ4v) is 1.82. The van der Waals surface area contributed by atoms with Crippen LogP contribution < -0.4 is 0 Å². The van der Waals surface area contributed by atoms with Crippen molar-refractivity contribution < 1.29 is 4.79 Å². The summed E-state index contributed by atoms with van der Waals surface area (Å²) in [5.74, 6) is 0.218. The largest absolute Gasteiger partial charge is 0.331 e. The second kappa shape index (κ2) is 7.20. The van der Waals surface area contributed by atoms with Gasteiger partial charge >= 0.3 is 0 Å². The minimum atomic E-state index is 0.218. The first-order valence-corrected chi connectivity index (χ1v) is 6.25. The predicted octanol–water partition coefficient (Wildman–Crippen LogP) is 3.35. The van der Waals surface area contributed by atoms with Gasteiger partial charge in [0.15, 0.2) is 5.78 Å². The Hall–Kier alpha value is -1.12. The van der Waals surface area contributed by atoms with Gasteiger partial charge in [0.05, 0.1) is 12.5 Å². The zero-order valence-electron chi connectivity index (χ0n) is 10.4. The average molecular weight is 222 g/mol. The van der Waals surface area contributed by atoms with Gasteiger partial charge in [-0.25, -0.2) is 4.98 Å². The number of carbonyl (C=O) groups is 1. The second-order valence-corrected chi connectivity index (χ2v) is 4.33. The van der Waals surface area contributed by atoms with E-state index in [2.05, 4.69) is 11.9 Å². The number of aryl methyl sites for hydroxylation is 1. The van der Waals surface area contributed by atoms with Crippen molar-refractivity contribution >= 4 is 5.78 Å². The van der Waals surface area contributed by atoms with Crippen LogP contribution in [-0.2, 0) is 7.05 Å². The molecule has 3 nitrogen and oxygen atoms in total. The van der Waals surface area contributed by atoms with Crippen LogP contribution in [0.3, 0.4) is 0 Å². The lowest BCUT2D eigenvalue weighted by Gasteiger charge is -2.02. The van der Waals surface area contributed by atoms with Gasteiger partial charge in [-0.15, -0.1) is 0 Å². The lowest BCUT2D eigenvalue weighted by atomic mass is 10.1. The molecule has 1 rings (SSSR count). The van der Waals surface area contributed by atoms with E-state index in [0.29, 0.717) is 6.42 Å². The molecule has 3 heteroatoms. The summed E-state index contributed by atoms with van der Waals surface area (Å²) in [6, 6.07) is 0. The van der Waals surface area contributed by atoms with Crippen LogP contribution in [0.25, 0.3) is 0 Å². The number of imidazole rings is 1. The number of rotatable bonds is 8. The first-order valence-electron chi connectivity index (χ1n) is 6.25. The van der Waals surface area contributed by atoms with Crippen molar-refractivity contribution in [2.75, 3.05) is 0 Å². The van der Waals surface area contributed by atoms with Crippen molar-refractivity contribution in [3.8, 4) is 0 Å². The fourth-order valence-electron chi connectivity index (χ4n) is 1.82. The molecular formula is C13H22N2O. The Balaban J connectivity index is 2.14. The van der Waals surface area contributed by atoms with Gasteiger partial charge < -0.3 is 4.57 Å². The third kappa shape index (κ3) is 4.17. The Morgan fingerprint density at radius 1 is 1.25 bits per heavy atom. The van der Waals surface area contributed by atoms with E-state index in [1.807, 2.05) is 7.05 Å². The van der Waals surface area contributed by atoms with Gasteiger partial charge in [0.1, 0.15) is 5.69 Å². The predicted molar refractivity (Wildman–Crippen MR) is 65.5 cm³/mol. The zero-order valence-corrected chi connectivity index (χ0v) is 10.4. The summed E-state index contributed by atoms with van der Waals surface area (Å²) in [5, 5.41) is 0. The van der Waals surface area contributed by atoms with Gasteiger partial charge in [-0.1, -0.05) is 39.0 Å². The molecule has 0 aliphatic rings. The summed E-state index contributed by atoms with van der Waals surface area (Å²) in [6.07, 6.45) is 11.3. The van der Waals surface area contributed by atoms with Gasteiger partial charge in [-0.05, 0) is 6.42 Å². The number of ketones is 1. The Morgan fingerprint density at radius 2 is 1.94 bits per heavy atom.